The van der Waals surface area contributed by atoms with Gasteiger partial charge in [-0.05, 0) is 36.9 Å². The summed E-state index contributed by atoms with van der Waals surface area (Å²) in [6, 6.07) is 7.83. The lowest BCUT2D eigenvalue weighted by atomic mass is 9.99. The van der Waals surface area contributed by atoms with Gasteiger partial charge in [-0.3, -0.25) is 4.79 Å². The Bertz CT molecular complexity index is 417. The summed E-state index contributed by atoms with van der Waals surface area (Å²) in [6.45, 7) is 3.52. The van der Waals surface area contributed by atoms with Crippen molar-refractivity contribution in [3.05, 3.63) is 29.8 Å². The Morgan fingerprint density at radius 3 is 2.95 bits per heavy atom. The molecule has 2 unspecified atom stereocenters. The van der Waals surface area contributed by atoms with Crippen molar-refractivity contribution in [1.82, 2.24) is 5.32 Å². The number of carbonyl (C=O) groups excluding carboxylic acids is 1. The molecule has 20 heavy (non-hydrogen) atoms. The molecule has 0 fully saturated rings. The van der Waals surface area contributed by atoms with Gasteiger partial charge in [0.1, 0.15) is 5.75 Å². The first kappa shape index (κ1) is 14.9. The average Bonchev–Trinajstić information content (AvgIpc) is 2.89. The van der Waals surface area contributed by atoms with Crippen LogP contribution in [0.15, 0.2) is 24.3 Å². The smallest absolute Gasteiger partial charge is 0.261 e. The van der Waals surface area contributed by atoms with Crippen molar-refractivity contribution < 1.29 is 9.53 Å². The number of hydrogen-bond acceptors (Lipinski definition) is 3. The third-order valence-electron chi connectivity index (χ3n) is 3.78. The van der Waals surface area contributed by atoms with Crippen molar-refractivity contribution >= 4 is 5.91 Å². The Morgan fingerprint density at radius 2 is 2.25 bits per heavy atom. The monoisotopic (exact) mass is 276 g/mol. The average molecular weight is 276 g/mol. The van der Waals surface area contributed by atoms with Crippen LogP contribution in [-0.4, -0.2) is 25.1 Å². The van der Waals surface area contributed by atoms with Crippen LogP contribution in [0.2, 0.25) is 0 Å². The molecule has 0 saturated heterocycles. The Kier molecular flexibility index (Phi) is 5.41. The first-order valence-electron chi connectivity index (χ1n) is 7.47. The van der Waals surface area contributed by atoms with E-state index in [0.29, 0.717) is 25.4 Å². The summed E-state index contributed by atoms with van der Waals surface area (Å²) in [5.74, 6) is 1.29. The third-order valence-corrected chi connectivity index (χ3v) is 3.78. The van der Waals surface area contributed by atoms with Crippen molar-refractivity contribution in [2.75, 3.05) is 13.1 Å². The second kappa shape index (κ2) is 7.29. The molecule has 0 aliphatic carbocycles. The van der Waals surface area contributed by atoms with Crippen LogP contribution < -0.4 is 15.8 Å². The third kappa shape index (κ3) is 3.73. The number of hydrogen-bond donors (Lipinski definition) is 2. The summed E-state index contributed by atoms with van der Waals surface area (Å²) in [7, 11) is 0. The van der Waals surface area contributed by atoms with Crippen LogP contribution in [0, 0.1) is 5.92 Å². The summed E-state index contributed by atoms with van der Waals surface area (Å²) in [4.78, 5) is 12.2. The van der Waals surface area contributed by atoms with E-state index in [9.17, 15) is 4.79 Å². The van der Waals surface area contributed by atoms with Crippen LogP contribution >= 0.6 is 0 Å². The maximum atomic E-state index is 12.2. The number of amides is 1. The Hall–Kier alpha value is -1.55. The zero-order valence-electron chi connectivity index (χ0n) is 12.1. The van der Waals surface area contributed by atoms with E-state index in [-0.39, 0.29) is 12.0 Å². The number of ether oxygens (including phenoxy) is 1. The van der Waals surface area contributed by atoms with Crippen LogP contribution in [0.1, 0.15) is 31.7 Å². The SMILES string of the molecule is CCCC(CCN)CNC(=O)C1Cc2ccccc2O1. The van der Waals surface area contributed by atoms with E-state index < -0.39 is 0 Å². The van der Waals surface area contributed by atoms with E-state index in [2.05, 4.69) is 12.2 Å². The standard InChI is InChI=1S/C16H24N2O2/c1-2-5-12(8-9-17)11-18-16(19)15-10-13-6-3-4-7-14(13)20-15/h3-4,6-7,12,15H,2,5,8-11,17H2,1H3,(H,18,19). The first-order valence-corrected chi connectivity index (χ1v) is 7.47. The molecule has 4 heteroatoms. The molecule has 3 N–H and O–H groups in total. The van der Waals surface area contributed by atoms with E-state index in [1.165, 1.54) is 0 Å². The largest absolute Gasteiger partial charge is 0.480 e. The minimum Gasteiger partial charge on any atom is -0.480 e. The van der Waals surface area contributed by atoms with E-state index >= 15 is 0 Å². The van der Waals surface area contributed by atoms with Crippen molar-refractivity contribution in [2.24, 2.45) is 11.7 Å². The molecule has 0 bridgehead atoms. The lowest BCUT2D eigenvalue weighted by Gasteiger charge is -2.17. The predicted octanol–water partition coefficient (Wildman–Crippen LogP) is 1.87. The molecule has 2 atom stereocenters. The highest BCUT2D eigenvalue weighted by Crippen LogP contribution is 2.28. The Balaban J connectivity index is 1.81. The molecule has 2 rings (SSSR count). The maximum Gasteiger partial charge on any atom is 0.261 e. The highest BCUT2D eigenvalue weighted by molar-refractivity contribution is 5.82. The molecule has 0 spiro atoms. The number of fused-ring (bicyclic) bond motifs is 1. The van der Waals surface area contributed by atoms with Gasteiger partial charge < -0.3 is 15.8 Å². The summed E-state index contributed by atoms with van der Waals surface area (Å²) in [5.41, 5.74) is 6.72. The maximum absolute atomic E-state index is 12.2. The fraction of sp³-hybridized carbons (Fsp3) is 0.562. The van der Waals surface area contributed by atoms with E-state index in [1.807, 2.05) is 24.3 Å². The molecule has 1 aliphatic heterocycles. The summed E-state index contributed by atoms with van der Waals surface area (Å²) in [6.07, 6.45) is 3.46. The van der Waals surface area contributed by atoms with Crippen LogP contribution in [0.25, 0.3) is 0 Å². The van der Waals surface area contributed by atoms with Crippen LogP contribution in [0.5, 0.6) is 5.75 Å². The zero-order chi connectivity index (χ0) is 14.4. The quantitative estimate of drug-likeness (QED) is 0.799. The van der Waals surface area contributed by atoms with Gasteiger partial charge in [0.05, 0.1) is 0 Å². The summed E-state index contributed by atoms with van der Waals surface area (Å²) < 4.78 is 5.68. The molecule has 0 saturated carbocycles. The minimum absolute atomic E-state index is 0.0145. The molecule has 1 amide bonds. The topological polar surface area (TPSA) is 64.3 Å². The van der Waals surface area contributed by atoms with Gasteiger partial charge in [-0.15, -0.1) is 0 Å². The normalized spacial score (nSPS) is 18.2. The second-order valence-electron chi connectivity index (χ2n) is 5.40. The van der Waals surface area contributed by atoms with E-state index in [4.69, 9.17) is 10.5 Å². The molecule has 0 radical (unpaired) electrons. The zero-order valence-corrected chi connectivity index (χ0v) is 12.1. The number of nitrogens with two attached hydrogens (primary N) is 1. The van der Waals surface area contributed by atoms with Crippen LogP contribution in [0.3, 0.4) is 0 Å². The van der Waals surface area contributed by atoms with Gasteiger partial charge >= 0.3 is 0 Å². The highest BCUT2D eigenvalue weighted by Gasteiger charge is 2.28. The van der Waals surface area contributed by atoms with Gasteiger partial charge in [-0.2, -0.15) is 0 Å². The fourth-order valence-electron chi connectivity index (χ4n) is 2.68. The number of rotatable bonds is 7. The first-order chi connectivity index (χ1) is 9.74. The molecule has 1 aromatic rings. The van der Waals surface area contributed by atoms with Gasteiger partial charge in [-0.1, -0.05) is 31.5 Å². The van der Waals surface area contributed by atoms with Gasteiger partial charge in [0.25, 0.3) is 5.91 Å². The van der Waals surface area contributed by atoms with Crippen molar-refractivity contribution in [1.29, 1.82) is 0 Å². The molecule has 1 aromatic carbocycles. The van der Waals surface area contributed by atoms with E-state index in [0.717, 1.165) is 30.6 Å². The van der Waals surface area contributed by atoms with Gasteiger partial charge in [-0.25, -0.2) is 0 Å². The van der Waals surface area contributed by atoms with Crippen molar-refractivity contribution in [3.63, 3.8) is 0 Å². The number of benzene rings is 1. The van der Waals surface area contributed by atoms with Crippen LogP contribution in [-0.2, 0) is 11.2 Å². The molecule has 110 valence electrons. The number of para-hydroxylation sites is 1. The Labute approximate surface area is 120 Å². The number of nitrogens with one attached hydrogen (secondary N) is 1. The lowest BCUT2D eigenvalue weighted by Crippen LogP contribution is -2.40. The molecule has 1 heterocycles. The Morgan fingerprint density at radius 1 is 1.45 bits per heavy atom. The van der Waals surface area contributed by atoms with Crippen molar-refractivity contribution in [3.8, 4) is 5.75 Å². The minimum atomic E-state index is -0.382. The molecular weight excluding hydrogens is 252 g/mol. The molecule has 1 aliphatic rings. The number of carbonyl (C=O) groups is 1. The van der Waals surface area contributed by atoms with Gasteiger partial charge in [0.15, 0.2) is 6.10 Å². The van der Waals surface area contributed by atoms with Gasteiger partial charge in [0.2, 0.25) is 0 Å². The molecular formula is C16H24N2O2. The predicted molar refractivity (Wildman–Crippen MR) is 79.6 cm³/mol. The highest BCUT2D eigenvalue weighted by atomic mass is 16.5. The van der Waals surface area contributed by atoms with Crippen molar-refractivity contribution in [2.45, 2.75) is 38.7 Å². The van der Waals surface area contributed by atoms with Gasteiger partial charge in [0, 0.05) is 13.0 Å². The van der Waals surface area contributed by atoms with E-state index in [1.54, 1.807) is 0 Å². The lowest BCUT2D eigenvalue weighted by molar-refractivity contribution is -0.127. The molecule has 4 nitrogen and oxygen atoms in total. The fourth-order valence-corrected chi connectivity index (χ4v) is 2.68. The van der Waals surface area contributed by atoms with Crippen LogP contribution in [0.4, 0.5) is 0 Å². The molecule has 0 aromatic heterocycles. The second-order valence-corrected chi connectivity index (χ2v) is 5.40. The summed E-state index contributed by atoms with van der Waals surface area (Å²) >= 11 is 0. The summed E-state index contributed by atoms with van der Waals surface area (Å²) in [5, 5.41) is 3.01.